The largest absolute Gasteiger partial charge is 0.364 e. The van der Waals surface area contributed by atoms with Gasteiger partial charge in [0.1, 0.15) is 6.23 Å². The van der Waals surface area contributed by atoms with Crippen molar-refractivity contribution in [3.05, 3.63) is 0 Å². The fourth-order valence-electron chi connectivity index (χ4n) is 1.15. The molecule has 0 aromatic rings. The molecule has 80 valence electrons. The van der Waals surface area contributed by atoms with Crippen molar-refractivity contribution in [3.63, 3.8) is 0 Å². The summed E-state index contributed by atoms with van der Waals surface area (Å²) in [5, 5.41) is 3.34. The maximum Gasteiger partial charge on any atom is 0.105 e. The van der Waals surface area contributed by atoms with Crippen LogP contribution in [-0.2, 0) is 4.74 Å². The Labute approximate surface area is 83.1 Å². The Morgan fingerprint density at radius 1 is 1.08 bits per heavy atom. The molecule has 0 spiro atoms. The third-order valence-electron chi connectivity index (χ3n) is 2.08. The zero-order valence-electron chi connectivity index (χ0n) is 9.44. The lowest BCUT2D eigenvalue weighted by molar-refractivity contribution is 0.0404. The first-order valence-corrected chi connectivity index (χ1v) is 5.66. The van der Waals surface area contributed by atoms with Gasteiger partial charge in [0.2, 0.25) is 0 Å². The Kier molecular flexibility index (Phi) is 9.94. The van der Waals surface area contributed by atoms with Crippen LogP contribution in [0.4, 0.5) is 0 Å². The highest BCUT2D eigenvalue weighted by molar-refractivity contribution is 4.48. The van der Waals surface area contributed by atoms with Gasteiger partial charge in [0, 0.05) is 6.61 Å². The van der Waals surface area contributed by atoms with Gasteiger partial charge in [-0.05, 0) is 26.3 Å². The van der Waals surface area contributed by atoms with Gasteiger partial charge in [-0.25, -0.2) is 0 Å². The first kappa shape index (κ1) is 12.9. The maximum atomic E-state index is 5.58. The minimum absolute atomic E-state index is 0.225. The first-order chi connectivity index (χ1) is 6.31. The van der Waals surface area contributed by atoms with Crippen LogP contribution in [0.5, 0.6) is 0 Å². The highest BCUT2D eigenvalue weighted by Gasteiger charge is 1.98. The Morgan fingerprint density at radius 2 is 1.77 bits per heavy atom. The standard InChI is InChI=1S/C11H25NO/c1-4-6-8-10-13-11(3)12-9-7-5-2/h11-12H,4-10H2,1-3H3. The van der Waals surface area contributed by atoms with Gasteiger partial charge in [0.25, 0.3) is 0 Å². The number of nitrogens with one attached hydrogen (secondary N) is 1. The van der Waals surface area contributed by atoms with E-state index in [0.29, 0.717) is 0 Å². The molecular weight excluding hydrogens is 162 g/mol. The number of hydrogen-bond acceptors (Lipinski definition) is 2. The number of unbranched alkanes of at least 4 members (excludes halogenated alkanes) is 3. The van der Waals surface area contributed by atoms with Crippen LogP contribution in [0.3, 0.4) is 0 Å². The zero-order chi connectivity index (χ0) is 9.94. The van der Waals surface area contributed by atoms with E-state index in [0.717, 1.165) is 13.2 Å². The molecule has 0 bridgehead atoms. The molecule has 0 saturated carbocycles. The summed E-state index contributed by atoms with van der Waals surface area (Å²) in [4.78, 5) is 0. The molecule has 0 aromatic carbocycles. The van der Waals surface area contributed by atoms with Crippen LogP contribution >= 0.6 is 0 Å². The Balaban J connectivity index is 3.05. The Hall–Kier alpha value is -0.0800. The third kappa shape index (κ3) is 9.84. The summed E-state index contributed by atoms with van der Waals surface area (Å²) in [5.41, 5.74) is 0. The fraction of sp³-hybridized carbons (Fsp3) is 1.00. The normalized spacial score (nSPS) is 13.2. The van der Waals surface area contributed by atoms with Crippen LogP contribution in [0.25, 0.3) is 0 Å². The van der Waals surface area contributed by atoms with Gasteiger partial charge < -0.3 is 4.74 Å². The average Bonchev–Trinajstić information content (AvgIpc) is 2.13. The predicted octanol–water partition coefficient (Wildman–Crippen LogP) is 2.93. The molecule has 0 saturated heterocycles. The van der Waals surface area contributed by atoms with E-state index < -0.39 is 0 Å². The van der Waals surface area contributed by atoms with Crippen molar-refractivity contribution in [1.82, 2.24) is 5.32 Å². The molecular formula is C11H25NO. The van der Waals surface area contributed by atoms with E-state index >= 15 is 0 Å². The fourth-order valence-corrected chi connectivity index (χ4v) is 1.15. The molecule has 1 unspecified atom stereocenters. The summed E-state index contributed by atoms with van der Waals surface area (Å²) in [5.74, 6) is 0. The highest BCUT2D eigenvalue weighted by atomic mass is 16.5. The van der Waals surface area contributed by atoms with E-state index in [-0.39, 0.29) is 6.23 Å². The van der Waals surface area contributed by atoms with Gasteiger partial charge in [0.15, 0.2) is 0 Å². The van der Waals surface area contributed by atoms with Crippen molar-refractivity contribution >= 4 is 0 Å². The van der Waals surface area contributed by atoms with Crippen molar-refractivity contribution in [2.45, 2.75) is 59.1 Å². The van der Waals surface area contributed by atoms with Crippen LogP contribution in [0.15, 0.2) is 0 Å². The second kappa shape index (κ2) is 10.0. The lowest BCUT2D eigenvalue weighted by Crippen LogP contribution is -2.29. The van der Waals surface area contributed by atoms with Gasteiger partial charge in [-0.3, -0.25) is 5.32 Å². The quantitative estimate of drug-likeness (QED) is 0.442. The topological polar surface area (TPSA) is 21.3 Å². The molecule has 0 aliphatic heterocycles. The van der Waals surface area contributed by atoms with Gasteiger partial charge in [0.05, 0.1) is 0 Å². The van der Waals surface area contributed by atoms with E-state index in [4.69, 9.17) is 4.74 Å². The van der Waals surface area contributed by atoms with Crippen molar-refractivity contribution in [2.24, 2.45) is 0 Å². The van der Waals surface area contributed by atoms with Crippen LogP contribution in [0, 0.1) is 0 Å². The van der Waals surface area contributed by atoms with Crippen LogP contribution in [-0.4, -0.2) is 19.4 Å². The van der Waals surface area contributed by atoms with Gasteiger partial charge in [-0.1, -0.05) is 33.1 Å². The Bertz CT molecular complexity index is 96.1. The van der Waals surface area contributed by atoms with Crippen molar-refractivity contribution in [3.8, 4) is 0 Å². The summed E-state index contributed by atoms with van der Waals surface area (Å²) < 4.78 is 5.58. The van der Waals surface area contributed by atoms with E-state index in [1.807, 2.05) is 0 Å². The summed E-state index contributed by atoms with van der Waals surface area (Å²) in [7, 11) is 0. The third-order valence-corrected chi connectivity index (χ3v) is 2.08. The second-order valence-corrected chi connectivity index (χ2v) is 3.53. The zero-order valence-corrected chi connectivity index (χ0v) is 9.44. The SMILES string of the molecule is CCCCCOC(C)NCCCC. The molecule has 13 heavy (non-hydrogen) atoms. The van der Waals surface area contributed by atoms with Gasteiger partial charge >= 0.3 is 0 Å². The monoisotopic (exact) mass is 187 g/mol. The second-order valence-electron chi connectivity index (χ2n) is 3.53. The summed E-state index contributed by atoms with van der Waals surface area (Å²) in [6.07, 6.45) is 6.44. The number of hydrogen-bond donors (Lipinski definition) is 1. The van der Waals surface area contributed by atoms with E-state index in [2.05, 4.69) is 26.1 Å². The molecule has 0 radical (unpaired) electrons. The highest BCUT2D eigenvalue weighted by Crippen LogP contribution is 1.96. The average molecular weight is 187 g/mol. The van der Waals surface area contributed by atoms with Crippen molar-refractivity contribution < 1.29 is 4.74 Å². The van der Waals surface area contributed by atoms with Crippen LogP contribution in [0.2, 0.25) is 0 Å². The lowest BCUT2D eigenvalue weighted by Gasteiger charge is -2.14. The minimum atomic E-state index is 0.225. The van der Waals surface area contributed by atoms with Crippen LogP contribution in [0.1, 0.15) is 52.9 Å². The molecule has 1 N–H and O–H groups in total. The number of rotatable bonds is 9. The summed E-state index contributed by atoms with van der Waals surface area (Å²) in [6.45, 7) is 8.47. The molecule has 2 nitrogen and oxygen atoms in total. The summed E-state index contributed by atoms with van der Waals surface area (Å²) >= 11 is 0. The molecule has 0 fully saturated rings. The molecule has 0 amide bonds. The number of ether oxygens (including phenoxy) is 1. The van der Waals surface area contributed by atoms with E-state index in [1.54, 1.807) is 0 Å². The Morgan fingerprint density at radius 3 is 2.38 bits per heavy atom. The van der Waals surface area contributed by atoms with Crippen LogP contribution < -0.4 is 5.32 Å². The van der Waals surface area contributed by atoms with Gasteiger partial charge in [-0.15, -0.1) is 0 Å². The molecule has 0 aliphatic rings. The molecule has 0 aromatic heterocycles. The molecule has 2 heteroatoms. The van der Waals surface area contributed by atoms with E-state index in [9.17, 15) is 0 Å². The maximum absolute atomic E-state index is 5.58. The predicted molar refractivity (Wildman–Crippen MR) is 57.8 cm³/mol. The van der Waals surface area contributed by atoms with Crippen molar-refractivity contribution in [1.29, 1.82) is 0 Å². The van der Waals surface area contributed by atoms with Gasteiger partial charge in [-0.2, -0.15) is 0 Å². The smallest absolute Gasteiger partial charge is 0.105 e. The molecule has 0 heterocycles. The summed E-state index contributed by atoms with van der Waals surface area (Å²) in [6, 6.07) is 0. The van der Waals surface area contributed by atoms with E-state index in [1.165, 1.54) is 32.1 Å². The van der Waals surface area contributed by atoms with Crippen molar-refractivity contribution in [2.75, 3.05) is 13.2 Å². The molecule has 0 aliphatic carbocycles. The minimum Gasteiger partial charge on any atom is -0.364 e. The molecule has 0 rings (SSSR count). The lowest BCUT2D eigenvalue weighted by atomic mass is 10.3. The molecule has 1 atom stereocenters. The first-order valence-electron chi connectivity index (χ1n) is 5.66.